The highest BCUT2D eigenvalue weighted by molar-refractivity contribution is 6.31. The molecule has 0 aromatic heterocycles. The Morgan fingerprint density at radius 2 is 2.05 bits per heavy atom. The van der Waals surface area contributed by atoms with E-state index in [0.717, 1.165) is 18.8 Å². The quantitative estimate of drug-likeness (QED) is 0.879. The summed E-state index contributed by atoms with van der Waals surface area (Å²) < 4.78 is 0. The van der Waals surface area contributed by atoms with Crippen molar-refractivity contribution in [2.24, 2.45) is 0 Å². The third kappa shape index (κ3) is 4.35. The summed E-state index contributed by atoms with van der Waals surface area (Å²) in [6.45, 7) is 5.10. The lowest BCUT2D eigenvalue weighted by atomic mass is 10.1. The zero-order valence-electron chi connectivity index (χ0n) is 12.8. The molecule has 1 aromatic rings. The Bertz CT molecular complexity index is 486. The first-order valence-corrected chi connectivity index (χ1v) is 7.99. The second-order valence-electron chi connectivity index (χ2n) is 5.60. The molecule has 0 bridgehead atoms. The highest BCUT2D eigenvalue weighted by atomic mass is 35.5. The molecule has 21 heavy (non-hydrogen) atoms. The standard InChI is InChI=1S/C16H24ClN3O/c1-12(20-8-4-3-5-9-20)11-19-16(21)14-10-13(17)6-7-15(14)18-2/h6-7,10,12,18H,3-5,8-9,11H2,1-2H3,(H,19,21). The lowest BCUT2D eigenvalue weighted by molar-refractivity contribution is 0.0931. The van der Waals surface area contributed by atoms with Crippen molar-refractivity contribution in [2.45, 2.75) is 32.2 Å². The number of likely N-dealkylation sites (tertiary alicyclic amines) is 1. The van der Waals surface area contributed by atoms with Crippen LogP contribution in [0.1, 0.15) is 36.5 Å². The van der Waals surface area contributed by atoms with Gasteiger partial charge in [-0.25, -0.2) is 0 Å². The van der Waals surface area contributed by atoms with Gasteiger partial charge >= 0.3 is 0 Å². The Labute approximate surface area is 131 Å². The van der Waals surface area contributed by atoms with Crippen molar-refractivity contribution in [1.29, 1.82) is 0 Å². The van der Waals surface area contributed by atoms with E-state index in [-0.39, 0.29) is 5.91 Å². The summed E-state index contributed by atoms with van der Waals surface area (Å²) in [5, 5.41) is 6.62. The van der Waals surface area contributed by atoms with Crippen LogP contribution in [0.3, 0.4) is 0 Å². The number of piperidine rings is 1. The number of anilines is 1. The normalized spacial score (nSPS) is 17.3. The van der Waals surface area contributed by atoms with Crippen molar-refractivity contribution >= 4 is 23.2 Å². The minimum atomic E-state index is -0.0780. The number of carbonyl (C=O) groups is 1. The molecule has 2 rings (SSSR count). The molecule has 116 valence electrons. The number of hydrogen-bond donors (Lipinski definition) is 2. The largest absolute Gasteiger partial charge is 0.387 e. The smallest absolute Gasteiger partial charge is 0.253 e. The molecule has 1 heterocycles. The minimum absolute atomic E-state index is 0.0780. The van der Waals surface area contributed by atoms with E-state index in [9.17, 15) is 4.79 Å². The number of carbonyl (C=O) groups excluding carboxylic acids is 1. The van der Waals surface area contributed by atoms with Crippen LogP contribution in [0.4, 0.5) is 5.69 Å². The molecule has 1 saturated heterocycles. The van der Waals surface area contributed by atoms with Crippen LogP contribution in [0.25, 0.3) is 0 Å². The summed E-state index contributed by atoms with van der Waals surface area (Å²) >= 11 is 5.99. The van der Waals surface area contributed by atoms with Crippen molar-refractivity contribution in [2.75, 3.05) is 32.0 Å². The second kappa shape index (κ2) is 7.66. The fourth-order valence-corrected chi connectivity index (χ4v) is 2.92. The SMILES string of the molecule is CNc1ccc(Cl)cc1C(=O)NCC(C)N1CCCCC1. The van der Waals surface area contributed by atoms with Gasteiger partial charge in [-0.15, -0.1) is 0 Å². The monoisotopic (exact) mass is 309 g/mol. The molecule has 1 aliphatic rings. The molecule has 2 N–H and O–H groups in total. The van der Waals surface area contributed by atoms with Crippen molar-refractivity contribution in [3.63, 3.8) is 0 Å². The van der Waals surface area contributed by atoms with Gasteiger partial charge in [0.1, 0.15) is 0 Å². The third-order valence-corrected chi connectivity index (χ3v) is 4.30. The molecule has 4 nitrogen and oxygen atoms in total. The van der Waals surface area contributed by atoms with E-state index in [2.05, 4.69) is 22.5 Å². The molecular formula is C16H24ClN3O. The molecule has 0 spiro atoms. The van der Waals surface area contributed by atoms with Crippen LogP contribution in [0.2, 0.25) is 5.02 Å². The molecule has 0 aliphatic carbocycles. The highest BCUT2D eigenvalue weighted by Crippen LogP contribution is 2.20. The molecule has 1 unspecified atom stereocenters. The Morgan fingerprint density at radius 1 is 1.33 bits per heavy atom. The van der Waals surface area contributed by atoms with Crippen LogP contribution in [0, 0.1) is 0 Å². The van der Waals surface area contributed by atoms with Crippen LogP contribution in [-0.2, 0) is 0 Å². The molecule has 1 aromatic carbocycles. The van der Waals surface area contributed by atoms with Gasteiger partial charge in [0.15, 0.2) is 0 Å². The van der Waals surface area contributed by atoms with Crippen LogP contribution in [0.5, 0.6) is 0 Å². The van der Waals surface area contributed by atoms with Gasteiger partial charge in [-0.05, 0) is 51.1 Å². The van der Waals surface area contributed by atoms with E-state index in [1.807, 2.05) is 6.07 Å². The lowest BCUT2D eigenvalue weighted by Gasteiger charge is -2.32. The van der Waals surface area contributed by atoms with Crippen LogP contribution in [0.15, 0.2) is 18.2 Å². The third-order valence-electron chi connectivity index (χ3n) is 4.07. The van der Waals surface area contributed by atoms with Crippen LogP contribution >= 0.6 is 11.6 Å². The maximum Gasteiger partial charge on any atom is 0.253 e. The first-order valence-electron chi connectivity index (χ1n) is 7.61. The molecule has 1 fully saturated rings. The Kier molecular flexibility index (Phi) is 5.88. The predicted octanol–water partition coefficient (Wildman–Crippen LogP) is 2.99. The molecule has 1 atom stereocenters. The Balaban J connectivity index is 1.93. The van der Waals surface area contributed by atoms with Crippen molar-refractivity contribution < 1.29 is 4.79 Å². The number of halogens is 1. The molecule has 0 saturated carbocycles. The average Bonchev–Trinajstić information content (AvgIpc) is 2.53. The fourth-order valence-electron chi connectivity index (χ4n) is 2.75. The average molecular weight is 310 g/mol. The fraction of sp³-hybridized carbons (Fsp3) is 0.562. The maximum absolute atomic E-state index is 12.3. The zero-order chi connectivity index (χ0) is 15.2. The van der Waals surface area contributed by atoms with Gasteiger partial charge in [0.2, 0.25) is 0 Å². The van der Waals surface area contributed by atoms with Crippen molar-refractivity contribution in [3.8, 4) is 0 Å². The predicted molar refractivity (Wildman–Crippen MR) is 88.2 cm³/mol. The zero-order valence-corrected chi connectivity index (χ0v) is 13.5. The van der Waals surface area contributed by atoms with E-state index in [1.165, 1.54) is 19.3 Å². The van der Waals surface area contributed by atoms with E-state index in [4.69, 9.17) is 11.6 Å². The van der Waals surface area contributed by atoms with Gasteiger partial charge in [0.25, 0.3) is 5.91 Å². The molecule has 5 heteroatoms. The first-order chi connectivity index (χ1) is 10.1. The topological polar surface area (TPSA) is 44.4 Å². The van der Waals surface area contributed by atoms with Crippen molar-refractivity contribution in [3.05, 3.63) is 28.8 Å². The van der Waals surface area contributed by atoms with Crippen molar-refractivity contribution in [1.82, 2.24) is 10.2 Å². The summed E-state index contributed by atoms with van der Waals surface area (Å²) in [6, 6.07) is 5.67. The van der Waals surface area contributed by atoms with E-state index in [0.29, 0.717) is 23.2 Å². The van der Waals surface area contributed by atoms with Gasteiger partial charge in [-0.3, -0.25) is 9.69 Å². The number of rotatable bonds is 5. The van der Waals surface area contributed by atoms with E-state index in [1.54, 1.807) is 19.2 Å². The molecule has 1 amide bonds. The number of nitrogens with one attached hydrogen (secondary N) is 2. The van der Waals surface area contributed by atoms with Gasteiger partial charge < -0.3 is 10.6 Å². The Hall–Kier alpha value is -1.26. The summed E-state index contributed by atoms with van der Waals surface area (Å²) in [4.78, 5) is 14.8. The van der Waals surface area contributed by atoms with Gasteiger partial charge in [0, 0.05) is 30.3 Å². The first kappa shape index (κ1) is 16.1. The highest BCUT2D eigenvalue weighted by Gasteiger charge is 2.18. The summed E-state index contributed by atoms with van der Waals surface area (Å²) in [7, 11) is 1.80. The molecule has 1 aliphatic heterocycles. The van der Waals surface area contributed by atoms with Gasteiger partial charge in [0.05, 0.1) is 5.56 Å². The number of benzene rings is 1. The Morgan fingerprint density at radius 3 is 2.71 bits per heavy atom. The van der Waals surface area contributed by atoms with Gasteiger partial charge in [-0.1, -0.05) is 18.0 Å². The van der Waals surface area contributed by atoms with Gasteiger partial charge in [-0.2, -0.15) is 0 Å². The maximum atomic E-state index is 12.3. The van der Waals surface area contributed by atoms with E-state index < -0.39 is 0 Å². The second-order valence-corrected chi connectivity index (χ2v) is 6.03. The summed E-state index contributed by atoms with van der Waals surface area (Å²) in [5.74, 6) is -0.0780. The molecular weight excluding hydrogens is 286 g/mol. The number of amides is 1. The minimum Gasteiger partial charge on any atom is -0.387 e. The summed E-state index contributed by atoms with van der Waals surface area (Å²) in [5.41, 5.74) is 1.39. The number of hydrogen-bond acceptors (Lipinski definition) is 3. The number of nitrogens with zero attached hydrogens (tertiary/aromatic N) is 1. The lowest BCUT2D eigenvalue weighted by Crippen LogP contribution is -2.44. The molecule has 0 radical (unpaired) electrons. The van der Waals surface area contributed by atoms with Crippen LogP contribution in [-0.4, -0.2) is 43.5 Å². The summed E-state index contributed by atoms with van der Waals surface area (Å²) in [6.07, 6.45) is 3.84. The van der Waals surface area contributed by atoms with Crippen LogP contribution < -0.4 is 10.6 Å². The van der Waals surface area contributed by atoms with E-state index >= 15 is 0 Å².